The topological polar surface area (TPSA) is 80.5 Å². The number of nitrogens with zero attached hydrogens (tertiary/aromatic N) is 1. The van der Waals surface area contributed by atoms with Gasteiger partial charge in [0.2, 0.25) is 5.91 Å². The summed E-state index contributed by atoms with van der Waals surface area (Å²) in [5.74, 6) is -0.592. The molecule has 0 aromatic heterocycles. The van der Waals surface area contributed by atoms with Crippen LogP contribution in [0.25, 0.3) is 0 Å². The Morgan fingerprint density at radius 3 is 2.05 bits per heavy atom. The van der Waals surface area contributed by atoms with Crippen molar-refractivity contribution in [3.8, 4) is 0 Å². The molecule has 1 amide bonds. The maximum atomic E-state index is 12.4. The number of hydrogen-bond acceptors (Lipinski definition) is 3. The summed E-state index contributed by atoms with van der Waals surface area (Å²) in [6.07, 6.45) is 0. The molecule has 2 aromatic rings. The molecule has 0 unspecified atom stereocenters. The lowest BCUT2D eigenvalue weighted by atomic mass is 10.2. The molecule has 2 rings (SSSR count). The Morgan fingerprint density at radius 1 is 1.00 bits per heavy atom. The molecule has 104 valence electrons. The fourth-order valence-electron chi connectivity index (χ4n) is 1.73. The minimum Gasteiger partial charge on any atom is -0.366 e. The van der Waals surface area contributed by atoms with E-state index in [1.54, 1.807) is 24.3 Å². The standard InChI is InChI=1S/C14H14N2O3S/c1-16(12-5-3-2-4-6-12)20(18,19)13-9-7-11(8-10-13)14(15)17/h2-10H,1H3,(H2,15,17). The molecule has 0 heterocycles. The molecule has 0 aliphatic heterocycles. The van der Waals surface area contributed by atoms with Gasteiger partial charge in [0.05, 0.1) is 10.6 Å². The van der Waals surface area contributed by atoms with E-state index in [1.165, 1.54) is 35.6 Å². The molecule has 0 bridgehead atoms. The summed E-state index contributed by atoms with van der Waals surface area (Å²) in [6.45, 7) is 0. The highest BCUT2D eigenvalue weighted by atomic mass is 32.2. The zero-order valence-corrected chi connectivity index (χ0v) is 11.7. The van der Waals surface area contributed by atoms with Gasteiger partial charge in [0.15, 0.2) is 0 Å². The Bertz CT molecular complexity index is 710. The Balaban J connectivity index is 2.37. The lowest BCUT2D eigenvalue weighted by Gasteiger charge is -2.19. The van der Waals surface area contributed by atoms with Gasteiger partial charge in [-0.2, -0.15) is 0 Å². The van der Waals surface area contributed by atoms with E-state index in [-0.39, 0.29) is 10.5 Å². The van der Waals surface area contributed by atoms with Crippen LogP contribution in [-0.2, 0) is 10.0 Å². The van der Waals surface area contributed by atoms with Gasteiger partial charge in [-0.1, -0.05) is 18.2 Å². The molecule has 20 heavy (non-hydrogen) atoms. The van der Waals surface area contributed by atoms with Crippen molar-refractivity contribution in [2.75, 3.05) is 11.4 Å². The molecular formula is C14H14N2O3S. The second kappa shape index (κ2) is 5.34. The number of carbonyl (C=O) groups excluding carboxylic acids is 1. The summed E-state index contributed by atoms with van der Waals surface area (Å²) in [5.41, 5.74) is 5.96. The third-order valence-corrected chi connectivity index (χ3v) is 4.72. The Kier molecular flexibility index (Phi) is 3.76. The van der Waals surface area contributed by atoms with Gasteiger partial charge < -0.3 is 5.73 Å². The highest BCUT2D eigenvalue weighted by molar-refractivity contribution is 7.92. The first-order valence-corrected chi connectivity index (χ1v) is 7.31. The lowest BCUT2D eigenvalue weighted by molar-refractivity contribution is 0.1000. The minimum atomic E-state index is -3.65. The SMILES string of the molecule is CN(c1ccccc1)S(=O)(=O)c1ccc(C(N)=O)cc1. The number of amides is 1. The van der Waals surface area contributed by atoms with E-state index in [1.807, 2.05) is 6.07 Å². The smallest absolute Gasteiger partial charge is 0.264 e. The average molecular weight is 290 g/mol. The monoisotopic (exact) mass is 290 g/mol. The molecule has 0 atom stereocenters. The van der Waals surface area contributed by atoms with Crippen LogP contribution in [0.2, 0.25) is 0 Å². The molecular weight excluding hydrogens is 276 g/mol. The summed E-state index contributed by atoms with van der Waals surface area (Å²) in [4.78, 5) is 11.1. The summed E-state index contributed by atoms with van der Waals surface area (Å²) in [5, 5.41) is 0. The zero-order chi connectivity index (χ0) is 14.8. The van der Waals surface area contributed by atoms with Crippen LogP contribution < -0.4 is 10.0 Å². The predicted molar refractivity (Wildman–Crippen MR) is 77.0 cm³/mol. The van der Waals surface area contributed by atoms with Crippen LogP contribution in [0.15, 0.2) is 59.5 Å². The second-order valence-corrected chi connectivity index (χ2v) is 6.17. The van der Waals surface area contributed by atoms with Crippen molar-refractivity contribution in [2.45, 2.75) is 4.90 Å². The number of anilines is 1. The van der Waals surface area contributed by atoms with Crippen molar-refractivity contribution in [3.05, 3.63) is 60.2 Å². The minimum absolute atomic E-state index is 0.105. The van der Waals surface area contributed by atoms with Crippen LogP contribution in [0.4, 0.5) is 5.69 Å². The van der Waals surface area contributed by atoms with Gasteiger partial charge in [-0.3, -0.25) is 9.10 Å². The molecule has 0 aliphatic carbocycles. The van der Waals surface area contributed by atoms with E-state index in [4.69, 9.17) is 5.73 Å². The summed E-state index contributed by atoms with van der Waals surface area (Å²) in [6, 6.07) is 14.3. The fraction of sp³-hybridized carbons (Fsp3) is 0.0714. The Hall–Kier alpha value is -2.34. The van der Waals surface area contributed by atoms with Gasteiger partial charge in [-0.25, -0.2) is 8.42 Å². The van der Waals surface area contributed by atoms with Crippen molar-refractivity contribution in [2.24, 2.45) is 5.73 Å². The quantitative estimate of drug-likeness (QED) is 0.929. The molecule has 2 N–H and O–H groups in total. The molecule has 0 saturated heterocycles. The largest absolute Gasteiger partial charge is 0.366 e. The number of nitrogens with two attached hydrogens (primary N) is 1. The third kappa shape index (κ3) is 2.65. The predicted octanol–water partition coefficient (Wildman–Crippen LogP) is 1.61. The Morgan fingerprint density at radius 2 is 1.55 bits per heavy atom. The van der Waals surface area contributed by atoms with Crippen LogP contribution >= 0.6 is 0 Å². The van der Waals surface area contributed by atoms with Crippen LogP contribution in [0.5, 0.6) is 0 Å². The first-order valence-electron chi connectivity index (χ1n) is 5.87. The normalized spacial score (nSPS) is 11.1. The third-order valence-electron chi connectivity index (χ3n) is 2.92. The number of hydrogen-bond donors (Lipinski definition) is 1. The molecule has 2 aromatic carbocycles. The van der Waals surface area contributed by atoms with Crippen molar-refractivity contribution in [3.63, 3.8) is 0 Å². The van der Waals surface area contributed by atoms with E-state index in [0.717, 1.165) is 0 Å². The number of sulfonamides is 1. The van der Waals surface area contributed by atoms with E-state index < -0.39 is 15.9 Å². The molecule has 0 aliphatic rings. The number of primary amides is 1. The summed E-state index contributed by atoms with van der Waals surface area (Å²) < 4.78 is 26.0. The van der Waals surface area contributed by atoms with Crippen LogP contribution in [-0.4, -0.2) is 21.4 Å². The highest BCUT2D eigenvalue weighted by Gasteiger charge is 2.21. The van der Waals surface area contributed by atoms with Gasteiger partial charge in [0.25, 0.3) is 10.0 Å². The average Bonchev–Trinajstić information content (AvgIpc) is 2.47. The fourth-order valence-corrected chi connectivity index (χ4v) is 2.92. The highest BCUT2D eigenvalue weighted by Crippen LogP contribution is 2.21. The van der Waals surface area contributed by atoms with Crippen molar-refractivity contribution < 1.29 is 13.2 Å². The van der Waals surface area contributed by atoms with Crippen LogP contribution in [0.1, 0.15) is 10.4 Å². The lowest BCUT2D eigenvalue weighted by Crippen LogP contribution is -2.26. The molecule has 0 fully saturated rings. The number of carbonyl (C=O) groups is 1. The number of para-hydroxylation sites is 1. The number of benzene rings is 2. The van der Waals surface area contributed by atoms with Gasteiger partial charge in [-0.05, 0) is 36.4 Å². The van der Waals surface area contributed by atoms with E-state index in [2.05, 4.69) is 0 Å². The zero-order valence-electron chi connectivity index (χ0n) is 10.9. The van der Waals surface area contributed by atoms with Crippen molar-refractivity contribution in [1.82, 2.24) is 0 Å². The maximum Gasteiger partial charge on any atom is 0.264 e. The van der Waals surface area contributed by atoms with Crippen molar-refractivity contribution in [1.29, 1.82) is 0 Å². The molecule has 6 heteroatoms. The van der Waals surface area contributed by atoms with Gasteiger partial charge in [0.1, 0.15) is 0 Å². The van der Waals surface area contributed by atoms with Gasteiger partial charge in [-0.15, -0.1) is 0 Å². The maximum absolute atomic E-state index is 12.4. The van der Waals surface area contributed by atoms with Gasteiger partial charge in [0, 0.05) is 12.6 Å². The molecule has 0 radical (unpaired) electrons. The van der Waals surface area contributed by atoms with E-state index >= 15 is 0 Å². The van der Waals surface area contributed by atoms with Crippen LogP contribution in [0, 0.1) is 0 Å². The first kappa shape index (κ1) is 14.1. The Labute approximate surface area is 117 Å². The van der Waals surface area contributed by atoms with Gasteiger partial charge >= 0.3 is 0 Å². The first-order chi connectivity index (χ1) is 9.43. The van der Waals surface area contributed by atoms with Crippen molar-refractivity contribution >= 4 is 21.6 Å². The summed E-state index contributed by atoms with van der Waals surface area (Å²) in [7, 11) is -2.17. The van der Waals surface area contributed by atoms with E-state index in [0.29, 0.717) is 5.69 Å². The van der Waals surface area contributed by atoms with Crippen LogP contribution in [0.3, 0.4) is 0 Å². The molecule has 0 spiro atoms. The molecule has 5 nitrogen and oxygen atoms in total. The van der Waals surface area contributed by atoms with E-state index in [9.17, 15) is 13.2 Å². The summed E-state index contributed by atoms with van der Waals surface area (Å²) >= 11 is 0. The number of rotatable bonds is 4. The second-order valence-electron chi connectivity index (χ2n) is 4.20. The molecule has 0 saturated carbocycles.